The number of aliphatic carboxylic acids is 1. The molecule has 0 spiro atoms. The van der Waals surface area contributed by atoms with Gasteiger partial charge in [-0.1, -0.05) is 6.07 Å². The second-order valence-electron chi connectivity index (χ2n) is 5.15. The highest BCUT2D eigenvalue weighted by Crippen LogP contribution is 2.40. The zero-order chi connectivity index (χ0) is 15.9. The van der Waals surface area contributed by atoms with E-state index < -0.39 is 12.0 Å². The molecule has 2 atom stereocenters. The van der Waals surface area contributed by atoms with Crippen molar-refractivity contribution in [2.24, 2.45) is 0 Å². The van der Waals surface area contributed by atoms with Gasteiger partial charge in [0.15, 0.2) is 0 Å². The van der Waals surface area contributed by atoms with Crippen LogP contribution in [0.25, 0.3) is 0 Å². The quantitative estimate of drug-likeness (QED) is 0.802. The number of nitrogens with one attached hydrogen (secondary N) is 1. The monoisotopic (exact) mass is 338 g/mol. The zero-order valence-electron chi connectivity index (χ0n) is 11.7. The van der Waals surface area contributed by atoms with Crippen molar-refractivity contribution in [2.75, 3.05) is 5.75 Å². The van der Waals surface area contributed by atoms with Gasteiger partial charge in [-0.05, 0) is 23.9 Å². The lowest BCUT2D eigenvalue weighted by Crippen LogP contribution is -2.70. The number of rotatable bonds is 4. The smallest absolute Gasteiger partial charge is 0.352 e. The molecule has 0 radical (unpaired) electrons. The van der Waals surface area contributed by atoms with Crippen molar-refractivity contribution >= 4 is 40.9 Å². The van der Waals surface area contributed by atoms with Crippen LogP contribution < -0.4 is 5.32 Å². The topological polar surface area (TPSA) is 86.7 Å². The Kier molecular flexibility index (Phi) is 3.96. The van der Waals surface area contributed by atoms with Gasteiger partial charge in [-0.3, -0.25) is 14.5 Å². The largest absolute Gasteiger partial charge is 0.477 e. The van der Waals surface area contributed by atoms with Gasteiger partial charge in [-0.2, -0.15) is 0 Å². The number of carbonyl (C=O) groups excluding carboxylic acids is 2. The van der Waals surface area contributed by atoms with Gasteiger partial charge in [-0.15, -0.1) is 23.1 Å². The molecule has 2 aliphatic heterocycles. The van der Waals surface area contributed by atoms with Crippen LogP contribution in [-0.4, -0.2) is 45.0 Å². The number of nitrogens with zero attached hydrogens (tertiary/aromatic N) is 1. The van der Waals surface area contributed by atoms with Crippen molar-refractivity contribution in [2.45, 2.75) is 24.8 Å². The Bertz CT molecular complexity index is 668. The summed E-state index contributed by atoms with van der Waals surface area (Å²) in [6.45, 7) is 1.71. The second kappa shape index (κ2) is 5.77. The SMILES string of the molecule is CC1=C(C(=O)O)N2C(=O)C(NC(=O)Cc3cccs3)[C@H]2SC1. The average Bonchev–Trinajstić information content (AvgIpc) is 2.97. The third-order valence-electron chi connectivity index (χ3n) is 3.59. The van der Waals surface area contributed by atoms with Crippen molar-refractivity contribution in [3.63, 3.8) is 0 Å². The fraction of sp³-hybridized carbons (Fsp3) is 0.357. The first-order chi connectivity index (χ1) is 10.5. The number of β-lactam (4-membered cyclic amide) rings is 1. The highest BCUT2D eigenvalue weighted by atomic mass is 32.2. The van der Waals surface area contributed by atoms with Crippen LogP contribution in [0.1, 0.15) is 11.8 Å². The van der Waals surface area contributed by atoms with Crippen LogP contribution in [0, 0.1) is 0 Å². The summed E-state index contributed by atoms with van der Waals surface area (Å²) in [4.78, 5) is 37.7. The summed E-state index contributed by atoms with van der Waals surface area (Å²) < 4.78 is 0. The highest BCUT2D eigenvalue weighted by molar-refractivity contribution is 8.00. The lowest BCUT2D eigenvalue weighted by atomic mass is 10.0. The molecule has 0 aliphatic carbocycles. The molecule has 0 aromatic carbocycles. The maximum atomic E-state index is 12.2. The van der Waals surface area contributed by atoms with Gasteiger partial charge >= 0.3 is 5.97 Å². The van der Waals surface area contributed by atoms with E-state index in [1.165, 1.54) is 28.0 Å². The van der Waals surface area contributed by atoms with E-state index in [-0.39, 0.29) is 29.3 Å². The zero-order valence-corrected chi connectivity index (χ0v) is 13.4. The van der Waals surface area contributed by atoms with E-state index in [2.05, 4.69) is 5.32 Å². The van der Waals surface area contributed by atoms with Crippen LogP contribution in [0.5, 0.6) is 0 Å². The predicted molar refractivity (Wildman–Crippen MR) is 83.4 cm³/mol. The Hall–Kier alpha value is -1.80. The van der Waals surface area contributed by atoms with Crippen molar-refractivity contribution in [3.05, 3.63) is 33.7 Å². The van der Waals surface area contributed by atoms with E-state index in [0.717, 1.165) is 4.88 Å². The highest BCUT2D eigenvalue weighted by Gasteiger charge is 2.53. The third-order valence-corrected chi connectivity index (χ3v) is 5.89. The minimum absolute atomic E-state index is 0.0532. The van der Waals surface area contributed by atoms with Crippen LogP contribution in [0.15, 0.2) is 28.8 Å². The molecule has 2 amide bonds. The van der Waals surface area contributed by atoms with Crippen LogP contribution in [0.4, 0.5) is 0 Å². The first-order valence-corrected chi connectivity index (χ1v) is 8.61. The number of hydrogen-bond donors (Lipinski definition) is 2. The third kappa shape index (κ3) is 2.52. The summed E-state index contributed by atoms with van der Waals surface area (Å²) >= 11 is 2.96. The molecule has 6 nitrogen and oxygen atoms in total. The van der Waals surface area contributed by atoms with Gasteiger partial charge in [-0.25, -0.2) is 4.79 Å². The number of fused-ring (bicyclic) bond motifs is 1. The molecule has 2 N–H and O–H groups in total. The van der Waals surface area contributed by atoms with Gasteiger partial charge in [0.1, 0.15) is 17.1 Å². The van der Waals surface area contributed by atoms with Crippen molar-refractivity contribution < 1.29 is 19.5 Å². The van der Waals surface area contributed by atoms with Crippen LogP contribution in [0.2, 0.25) is 0 Å². The lowest BCUT2D eigenvalue weighted by Gasteiger charge is -2.49. The maximum absolute atomic E-state index is 12.2. The molecule has 116 valence electrons. The summed E-state index contributed by atoms with van der Waals surface area (Å²) in [7, 11) is 0. The molecule has 2 aliphatic rings. The predicted octanol–water partition coefficient (Wildman–Crippen LogP) is 1.05. The Morgan fingerprint density at radius 3 is 2.91 bits per heavy atom. The fourth-order valence-electron chi connectivity index (χ4n) is 2.57. The van der Waals surface area contributed by atoms with E-state index in [1.54, 1.807) is 6.92 Å². The standard InChI is InChI=1S/C14H14N2O4S2/c1-7-6-22-13-10(12(18)16(13)11(7)14(19)20)15-9(17)5-8-3-2-4-21-8/h2-4,10,13H,5-6H2,1H3,(H,15,17)(H,19,20)/t10?,13-/m1/s1. The number of thioether (sulfide) groups is 1. The summed E-state index contributed by atoms with van der Waals surface area (Å²) in [6.07, 6.45) is 0.236. The minimum atomic E-state index is -1.10. The van der Waals surface area contributed by atoms with E-state index in [4.69, 9.17) is 0 Å². The lowest BCUT2D eigenvalue weighted by molar-refractivity contribution is -0.150. The van der Waals surface area contributed by atoms with Crippen LogP contribution >= 0.6 is 23.1 Å². The molecule has 3 rings (SSSR count). The number of amides is 2. The number of carboxylic acids is 1. The first kappa shape index (κ1) is 15.1. The number of carbonyl (C=O) groups is 3. The van der Waals surface area contributed by atoms with Crippen molar-refractivity contribution in [1.82, 2.24) is 10.2 Å². The molecule has 1 unspecified atom stereocenters. The molecule has 3 heterocycles. The van der Waals surface area contributed by atoms with Gasteiger partial charge < -0.3 is 10.4 Å². The van der Waals surface area contributed by atoms with E-state index in [1.807, 2.05) is 17.5 Å². The van der Waals surface area contributed by atoms with Crippen molar-refractivity contribution in [1.29, 1.82) is 0 Å². The van der Waals surface area contributed by atoms with Crippen LogP contribution in [-0.2, 0) is 20.8 Å². The molecule has 1 fully saturated rings. The van der Waals surface area contributed by atoms with E-state index >= 15 is 0 Å². The summed E-state index contributed by atoms with van der Waals surface area (Å²) in [5.41, 5.74) is 0.725. The first-order valence-electron chi connectivity index (χ1n) is 6.68. The molecule has 22 heavy (non-hydrogen) atoms. The molecule has 1 aromatic heterocycles. The molecule has 1 aromatic rings. The van der Waals surface area contributed by atoms with Gasteiger partial charge in [0.05, 0.1) is 6.42 Å². The molecule has 1 saturated heterocycles. The summed E-state index contributed by atoms with van der Waals surface area (Å²) in [5.74, 6) is -1.12. The molecule has 0 saturated carbocycles. The Labute approximate surface area is 135 Å². The average molecular weight is 338 g/mol. The van der Waals surface area contributed by atoms with E-state index in [0.29, 0.717) is 11.3 Å². The number of thiophene rings is 1. The molecular weight excluding hydrogens is 324 g/mol. The second-order valence-corrected chi connectivity index (χ2v) is 7.28. The maximum Gasteiger partial charge on any atom is 0.352 e. The molecule has 8 heteroatoms. The Morgan fingerprint density at radius 2 is 2.27 bits per heavy atom. The fourth-order valence-corrected chi connectivity index (χ4v) is 4.57. The Morgan fingerprint density at radius 1 is 1.50 bits per heavy atom. The molecule has 0 bridgehead atoms. The summed E-state index contributed by atoms with van der Waals surface area (Å²) in [5, 5.41) is 13.5. The Balaban J connectivity index is 1.68. The normalized spacial score (nSPS) is 23.9. The number of carboxylic acid groups (broad SMARTS) is 1. The van der Waals surface area contributed by atoms with Crippen molar-refractivity contribution in [3.8, 4) is 0 Å². The van der Waals surface area contributed by atoms with Gasteiger partial charge in [0.25, 0.3) is 5.91 Å². The van der Waals surface area contributed by atoms with Crippen LogP contribution in [0.3, 0.4) is 0 Å². The van der Waals surface area contributed by atoms with E-state index in [9.17, 15) is 19.5 Å². The number of hydrogen-bond acceptors (Lipinski definition) is 5. The summed E-state index contributed by atoms with van der Waals surface area (Å²) in [6, 6.07) is 3.09. The minimum Gasteiger partial charge on any atom is -0.477 e. The van der Waals surface area contributed by atoms with Gasteiger partial charge in [0.2, 0.25) is 5.91 Å². The van der Waals surface area contributed by atoms with Gasteiger partial charge in [0, 0.05) is 10.6 Å². The molecular formula is C14H14N2O4S2.